The lowest BCUT2D eigenvalue weighted by molar-refractivity contribution is 0.0336. The van der Waals surface area contributed by atoms with Crippen molar-refractivity contribution >= 4 is 11.9 Å². The highest BCUT2D eigenvalue weighted by atomic mass is 16.5. The summed E-state index contributed by atoms with van der Waals surface area (Å²) in [5.74, 6) is -0.757. The van der Waals surface area contributed by atoms with E-state index in [9.17, 15) is 9.59 Å². The van der Waals surface area contributed by atoms with E-state index in [4.69, 9.17) is 9.47 Å². The Morgan fingerprint density at radius 3 is 1.44 bits per heavy atom. The minimum atomic E-state index is -0.395. The molecule has 140 valence electrons. The fourth-order valence-electron chi connectivity index (χ4n) is 2.53. The van der Waals surface area contributed by atoms with Crippen LogP contribution in [0.15, 0.2) is 86.0 Å². The van der Waals surface area contributed by atoms with Crippen LogP contribution in [0.25, 0.3) is 0 Å². The summed E-state index contributed by atoms with van der Waals surface area (Å²) in [6.45, 7) is 7.46. The number of benzene rings is 2. The van der Waals surface area contributed by atoms with Crippen molar-refractivity contribution in [2.45, 2.75) is 31.5 Å². The standard InChI is InChI=1S/C23H24O4/c1-3-20(26-22(24)18-12-7-5-8-13-18)16-11-17-21(4-2)27-23(25)19-14-9-6-10-15-19/h3-10,12-15,20-21H,1-2,11,16-17H2. The van der Waals surface area contributed by atoms with Crippen molar-refractivity contribution in [2.24, 2.45) is 0 Å². The van der Waals surface area contributed by atoms with Gasteiger partial charge in [0, 0.05) is 0 Å². The maximum Gasteiger partial charge on any atom is 0.338 e. The molecule has 0 aromatic heterocycles. The van der Waals surface area contributed by atoms with Gasteiger partial charge in [0.1, 0.15) is 12.2 Å². The topological polar surface area (TPSA) is 52.6 Å². The zero-order valence-corrected chi connectivity index (χ0v) is 15.3. The predicted molar refractivity (Wildman–Crippen MR) is 106 cm³/mol. The molecule has 2 rings (SSSR count). The van der Waals surface area contributed by atoms with Crippen molar-refractivity contribution in [3.05, 3.63) is 97.1 Å². The molecule has 2 unspecified atom stereocenters. The van der Waals surface area contributed by atoms with Crippen LogP contribution in [0.3, 0.4) is 0 Å². The van der Waals surface area contributed by atoms with Crippen LogP contribution in [0, 0.1) is 0 Å². The number of carbonyl (C=O) groups is 2. The van der Waals surface area contributed by atoms with Crippen molar-refractivity contribution in [3.8, 4) is 0 Å². The summed E-state index contributed by atoms with van der Waals surface area (Å²) in [5, 5.41) is 0. The van der Waals surface area contributed by atoms with Gasteiger partial charge in [-0.1, -0.05) is 61.7 Å². The van der Waals surface area contributed by atoms with Crippen molar-refractivity contribution in [1.29, 1.82) is 0 Å². The van der Waals surface area contributed by atoms with E-state index in [1.54, 1.807) is 60.7 Å². The summed E-state index contributed by atoms with van der Waals surface area (Å²) in [6, 6.07) is 17.7. The number of hydrogen-bond acceptors (Lipinski definition) is 4. The normalized spacial score (nSPS) is 12.4. The van der Waals surface area contributed by atoms with E-state index in [0.717, 1.165) is 0 Å². The molecule has 0 N–H and O–H groups in total. The molecule has 0 aliphatic carbocycles. The third-order valence-corrected chi connectivity index (χ3v) is 4.04. The van der Waals surface area contributed by atoms with Gasteiger partial charge in [-0.15, -0.1) is 0 Å². The van der Waals surface area contributed by atoms with Crippen LogP contribution in [0.1, 0.15) is 40.0 Å². The Labute approximate surface area is 160 Å². The van der Waals surface area contributed by atoms with Gasteiger partial charge in [-0.05, 0) is 43.5 Å². The lowest BCUT2D eigenvalue weighted by atomic mass is 10.1. The molecule has 0 saturated heterocycles. The number of carbonyl (C=O) groups excluding carboxylic acids is 2. The molecule has 0 amide bonds. The molecule has 4 nitrogen and oxygen atoms in total. The molecule has 0 radical (unpaired) electrons. The van der Waals surface area contributed by atoms with Gasteiger partial charge in [-0.25, -0.2) is 9.59 Å². The van der Waals surface area contributed by atoms with Crippen molar-refractivity contribution in [1.82, 2.24) is 0 Å². The molecule has 0 heterocycles. The number of ether oxygens (including phenoxy) is 2. The summed E-state index contributed by atoms with van der Waals surface area (Å²) in [4.78, 5) is 24.2. The van der Waals surface area contributed by atoms with Crippen molar-refractivity contribution in [3.63, 3.8) is 0 Å². The van der Waals surface area contributed by atoms with Gasteiger partial charge in [-0.2, -0.15) is 0 Å². The summed E-state index contributed by atoms with van der Waals surface area (Å²) in [6.07, 6.45) is 4.31. The highest BCUT2D eigenvalue weighted by Crippen LogP contribution is 2.14. The first-order valence-corrected chi connectivity index (χ1v) is 8.91. The Bertz CT molecular complexity index is 687. The van der Waals surface area contributed by atoms with Gasteiger partial charge in [0.25, 0.3) is 0 Å². The summed E-state index contributed by atoms with van der Waals surface area (Å²) >= 11 is 0. The number of rotatable bonds is 10. The van der Waals surface area contributed by atoms with Crippen LogP contribution < -0.4 is 0 Å². The number of esters is 2. The van der Waals surface area contributed by atoms with Gasteiger partial charge in [-0.3, -0.25) is 0 Å². The van der Waals surface area contributed by atoms with Crippen LogP contribution >= 0.6 is 0 Å². The van der Waals surface area contributed by atoms with E-state index in [2.05, 4.69) is 13.2 Å². The predicted octanol–water partition coefficient (Wildman–Crippen LogP) is 4.98. The zero-order chi connectivity index (χ0) is 19.5. The van der Waals surface area contributed by atoms with Crippen LogP contribution in [-0.4, -0.2) is 24.1 Å². The second-order valence-corrected chi connectivity index (χ2v) is 6.02. The molecule has 0 fully saturated rings. The number of hydrogen-bond donors (Lipinski definition) is 0. The molecule has 0 aliphatic heterocycles. The van der Waals surface area contributed by atoms with Gasteiger partial charge in [0.05, 0.1) is 11.1 Å². The average Bonchev–Trinajstić information content (AvgIpc) is 2.73. The largest absolute Gasteiger partial charge is 0.455 e. The molecule has 0 saturated carbocycles. The van der Waals surface area contributed by atoms with E-state index in [1.165, 1.54) is 0 Å². The maximum absolute atomic E-state index is 12.1. The monoisotopic (exact) mass is 364 g/mol. The SMILES string of the molecule is C=CC(CCCC(C=C)OC(=O)c1ccccc1)OC(=O)c1ccccc1. The smallest absolute Gasteiger partial charge is 0.338 e. The Kier molecular flexibility index (Phi) is 8.04. The van der Waals surface area contributed by atoms with Crippen molar-refractivity contribution in [2.75, 3.05) is 0 Å². The zero-order valence-electron chi connectivity index (χ0n) is 15.3. The fourth-order valence-corrected chi connectivity index (χ4v) is 2.53. The van der Waals surface area contributed by atoms with Gasteiger partial charge in [0.2, 0.25) is 0 Å². The van der Waals surface area contributed by atoms with Crippen LogP contribution in [-0.2, 0) is 9.47 Å². The average molecular weight is 364 g/mol. The Balaban J connectivity index is 1.79. The fraction of sp³-hybridized carbons (Fsp3) is 0.217. The maximum atomic E-state index is 12.1. The van der Waals surface area contributed by atoms with Crippen LogP contribution in [0.2, 0.25) is 0 Å². The van der Waals surface area contributed by atoms with Crippen molar-refractivity contribution < 1.29 is 19.1 Å². The first kappa shape index (κ1) is 20.2. The molecule has 2 aromatic rings. The molecular formula is C23H24O4. The van der Waals surface area contributed by atoms with Crippen LogP contribution in [0.5, 0.6) is 0 Å². The van der Waals surface area contributed by atoms with E-state index in [0.29, 0.717) is 30.4 Å². The molecule has 2 aromatic carbocycles. The summed E-state index contributed by atoms with van der Waals surface area (Å²) in [7, 11) is 0. The lowest BCUT2D eigenvalue weighted by Gasteiger charge is -2.17. The van der Waals surface area contributed by atoms with Gasteiger partial charge in [0.15, 0.2) is 0 Å². The first-order valence-electron chi connectivity index (χ1n) is 8.91. The van der Waals surface area contributed by atoms with E-state index in [-0.39, 0.29) is 11.9 Å². The molecule has 0 aliphatic rings. The van der Waals surface area contributed by atoms with Gasteiger partial charge >= 0.3 is 11.9 Å². The highest BCUT2D eigenvalue weighted by molar-refractivity contribution is 5.90. The van der Waals surface area contributed by atoms with Gasteiger partial charge < -0.3 is 9.47 Å². The minimum Gasteiger partial charge on any atom is -0.455 e. The minimum absolute atomic E-state index is 0.378. The molecular weight excluding hydrogens is 340 g/mol. The molecule has 0 spiro atoms. The molecule has 4 heteroatoms. The first-order chi connectivity index (χ1) is 13.1. The van der Waals surface area contributed by atoms with E-state index >= 15 is 0 Å². The Morgan fingerprint density at radius 2 is 1.11 bits per heavy atom. The van der Waals surface area contributed by atoms with E-state index in [1.807, 2.05) is 12.1 Å². The third kappa shape index (κ3) is 6.59. The molecule has 2 atom stereocenters. The Morgan fingerprint density at radius 1 is 0.741 bits per heavy atom. The molecule has 27 heavy (non-hydrogen) atoms. The second kappa shape index (κ2) is 10.8. The lowest BCUT2D eigenvalue weighted by Crippen LogP contribution is -2.19. The highest BCUT2D eigenvalue weighted by Gasteiger charge is 2.16. The molecule has 0 bridgehead atoms. The van der Waals surface area contributed by atoms with E-state index < -0.39 is 12.2 Å². The van der Waals surface area contributed by atoms with Crippen LogP contribution in [0.4, 0.5) is 0 Å². The Hall–Kier alpha value is -3.14. The second-order valence-electron chi connectivity index (χ2n) is 6.02. The summed E-state index contributed by atoms with van der Waals surface area (Å²) in [5.41, 5.74) is 1.01. The quantitative estimate of drug-likeness (QED) is 0.441. The third-order valence-electron chi connectivity index (χ3n) is 4.04. The summed E-state index contributed by atoms with van der Waals surface area (Å²) < 4.78 is 10.9.